The van der Waals surface area contributed by atoms with Gasteiger partial charge in [0.25, 0.3) is 0 Å². The summed E-state index contributed by atoms with van der Waals surface area (Å²) >= 11 is 0. The maximum atomic E-state index is 12.5. The second-order valence-electron chi connectivity index (χ2n) is 8.69. The lowest BCUT2D eigenvalue weighted by Gasteiger charge is -2.33. The fourth-order valence-corrected chi connectivity index (χ4v) is 4.31. The number of rotatable bonds is 7. The zero-order valence-corrected chi connectivity index (χ0v) is 16.7. The normalized spacial score (nSPS) is 23.0. The standard InChI is InChI=1S/C23H32N2O3/c26-22(24-21-6-7-21)8-5-17-1-3-18(4-2-17)15-19-9-12-25(13-10-19)23(27)20-11-14-28-16-20/h1-4,19-21H,5-16H2,(H,24,26). The van der Waals surface area contributed by atoms with Gasteiger partial charge in [-0.1, -0.05) is 24.3 Å². The van der Waals surface area contributed by atoms with Gasteiger partial charge in [0.15, 0.2) is 0 Å². The van der Waals surface area contributed by atoms with Crippen LogP contribution >= 0.6 is 0 Å². The summed E-state index contributed by atoms with van der Waals surface area (Å²) < 4.78 is 5.36. The Labute approximate surface area is 167 Å². The summed E-state index contributed by atoms with van der Waals surface area (Å²) in [4.78, 5) is 26.3. The monoisotopic (exact) mass is 384 g/mol. The lowest BCUT2D eigenvalue weighted by atomic mass is 9.89. The Hall–Kier alpha value is -1.88. The number of aryl methyl sites for hydroxylation is 1. The van der Waals surface area contributed by atoms with E-state index in [4.69, 9.17) is 4.74 Å². The van der Waals surface area contributed by atoms with Crippen LogP contribution in [-0.4, -0.2) is 49.1 Å². The van der Waals surface area contributed by atoms with Crippen LogP contribution in [0.4, 0.5) is 0 Å². The Morgan fingerprint density at radius 2 is 1.71 bits per heavy atom. The van der Waals surface area contributed by atoms with Crippen LogP contribution in [0, 0.1) is 11.8 Å². The number of nitrogens with one attached hydrogen (secondary N) is 1. The van der Waals surface area contributed by atoms with Gasteiger partial charge in [-0.05, 0) is 62.0 Å². The first-order valence-corrected chi connectivity index (χ1v) is 10.9. The van der Waals surface area contributed by atoms with Gasteiger partial charge < -0.3 is 15.0 Å². The van der Waals surface area contributed by atoms with Crippen molar-refractivity contribution >= 4 is 11.8 Å². The molecule has 2 aliphatic heterocycles. The van der Waals surface area contributed by atoms with Gasteiger partial charge in [-0.3, -0.25) is 9.59 Å². The maximum absolute atomic E-state index is 12.5. The number of likely N-dealkylation sites (tertiary alicyclic amines) is 1. The lowest BCUT2D eigenvalue weighted by molar-refractivity contribution is -0.136. The van der Waals surface area contributed by atoms with Crippen LogP contribution in [0.2, 0.25) is 0 Å². The number of hydrogen-bond donors (Lipinski definition) is 1. The molecule has 1 unspecified atom stereocenters. The number of ether oxygens (including phenoxy) is 1. The van der Waals surface area contributed by atoms with Crippen LogP contribution in [-0.2, 0) is 27.2 Å². The summed E-state index contributed by atoms with van der Waals surface area (Å²) in [6, 6.07) is 9.20. The molecule has 152 valence electrons. The predicted molar refractivity (Wildman–Crippen MR) is 108 cm³/mol. The molecular weight excluding hydrogens is 352 g/mol. The topological polar surface area (TPSA) is 58.6 Å². The summed E-state index contributed by atoms with van der Waals surface area (Å²) in [5, 5.41) is 3.05. The van der Waals surface area contributed by atoms with Gasteiger partial charge in [0.05, 0.1) is 12.5 Å². The molecule has 2 heterocycles. The van der Waals surface area contributed by atoms with E-state index in [0.29, 0.717) is 30.9 Å². The Kier molecular flexibility index (Phi) is 6.30. The molecule has 0 radical (unpaired) electrons. The molecule has 3 fully saturated rings. The third-order valence-electron chi connectivity index (χ3n) is 6.34. The minimum absolute atomic E-state index is 0.0930. The minimum atomic E-state index is 0.0930. The van der Waals surface area contributed by atoms with Crippen LogP contribution in [0.3, 0.4) is 0 Å². The van der Waals surface area contributed by atoms with Crippen LogP contribution in [0.25, 0.3) is 0 Å². The Morgan fingerprint density at radius 1 is 1.00 bits per heavy atom. The van der Waals surface area contributed by atoms with Crippen molar-refractivity contribution < 1.29 is 14.3 Å². The van der Waals surface area contributed by atoms with Crippen molar-refractivity contribution in [2.24, 2.45) is 11.8 Å². The van der Waals surface area contributed by atoms with Crippen molar-refractivity contribution in [1.29, 1.82) is 0 Å². The zero-order valence-electron chi connectivity index (χ0n) is 16.7. The van der Waals surface area contributed by atoms with Crippen molar-refractivity contribution in [2.45, 2.75) is 57.4 Å². The summed E-state index contributed by atoms with van der Waals surface area (Å²) in [6.45, 7) is 3.10. The summed E-state index contributed by atoms with van der Waals surface area (Å²) in [6.07, 6.45) is 7.80. The van der Waals surface area contributed by atoms with Crippen molar-refractivity contribution in [2.75, 3.05) is 26.3 Å². The third kappa shape index (κ3) is 5.34. The molecule has 1 aromatic carbocycles. The van der Waals surface area contributed by atoms with Gasteiger partial charge in [0.2, 0.25) is 11.8 Å². The molecule has 5 heteroatoms. The zero-order chi connectivity index (χ0) is 19.3. The van der Waals surface area contributed by atoms with E-state index in [0.717, 1.165) is 64.6 Å². The first-order valence-electron chi connectivity index (χ1n) is 10.9. The van der Waals surface area contributed by atoms with Crippen molar-refractivity contribution in [3.63, 3.8) is 0 Å². The van der Waals surface area contributed by atoms with E-state index >= 15 is 0 Å². The number of amides is 2. The van der Waals surface area contributed by atoms with E-state index in [2.05, 4.69) is 29.6 Å². The van der Waals surface area contributed by atoms with Crippen molar-refractivity contribution in [1.82, 2.24) is 10.2 Å². The largest absolute Gasteiger partial charge is 0.381 e. The van der Waals surface area contributed by atoms with E-state index in [9.17, 15) is 9.59 Å². The molecule has 2 amide bonds. The molecule has 0 spiro atoms. The van der Waals surface area contributed by atoms with E-state index in [-0.39, 0.29) is 11.8 Å². The highest BCUT2D eigenvalue weighted by Crippen LogP contribution is 2.25. The van der Waals surface area contributed by atoms with Crippen LogP contribution in [0.1, 0.15) is 49.7 Å². The lowest BCUT2D eigenvalue weighted by Crippen LogP contribution is -2.42. The summed E-state index contributed by atoms with van der Waals surface area (Å²) in [5.74, 6) is 1.22. The number of carbonyl (C=O) groups is 2. The molecule has 2 saturated heterocycles. The quantitative estimate of drug-likeness (QED) is 0.786. The van der Waals surface area contributed by atoms with Crippen molar-refractivity contribution in [3.05, 3.63) is 35.4 Å². The highest BCUT2D eigenvalue weighted by molar-refractivity contribution is 5.79. The minimum Gasteiger partial charge on any atom is -0.381 e. The smallest absolute Gasteiger partial charge is 0.228 e. The Bertz CT molecular complexity index is 670. The average Bonchev–Trinajstić information content (AvgIpc) is 3.36. The molecule has 4 rings (SSSR count). The molecule has 28 heavy (non-hydrogen) atoms. The molecular formula is C23H32N2O3. The first kappa shape index (κ1) is 19.4. The Morgan fingerprint density at radius 3 is 2.36 bits per heavy atom. The molecule has 0 aromatic heterocycles. The summed E-state index contributed by atoms with van der Waals surface area (Å²) in [5.41, 5.74) is 2.59. The first-order chi connectivity index (χ1) is 13.7. The van der Waals surface area contributed by atoms with Gasteiger partial charge in [0.1, 0.15) is 0 Å². The predicted octanol–water partition coefficient (Wildman–Crippen LogP) is 2.72. The molecule has 3 aliphatic rings. The molecule has 1 aromatic rings. The highest BCUT2D eigenvalue weighted by Gasteiger charge is 2.30. The summed E-state index contributed by atoms with van der Waals surface area (Å²) in [7, 11) is 0. The SMILES string of the molecule is O=C(CCc1ccc(CC2CCN(C(=O)C3CCOC3)CC2)cc1)NC1CC1. The fraction of sp³-hybridized carbons (Fsp3) is 0.652. The van der Waals surface area contributed by atoms with Gasteiger partial charge in [-0.2, -0.15) is 0 Å². The van der Waals surface area contributed by atoms with Crippen molar-refractivity contribution in [3.8, 4) is 0 Å². The van der Waals surface area contributed by atoms with E-state index in [1.807, 2.05) is 4.90 Å². The molecule has 1 aliphatic carbocycles. The van der Waals surface area contributed by atoms with E-state index < -0.39 is 0 Å². The van der Waals surface area contributed by atoms with Gasteiger partial charge >= 0.3 is 0 Å². The average molecular weight is 385 g/mol. The number of nitrogens with zero attached hydrogens (tertiary/aromatic N) is 1. The van der Waals surface area contributed by atoms with Gasteiger partial charge in [-0.15, -0.1) is 0 Å². The highest BCUT2D eigenvalue weighted by atomic mass is 16.5. The van der Waals surface area contributed by atoms with Gasteiger partial charge in [0, 0.05) is 32.2 Å². The third-order valence-corrected chi connectivity index (χ3v) is 6.34. The molecule has 0 bridgehead atoms. The molecule has 5 nitrogen and oxygen atoms in total. The van der Waals surface area contributed by atoms with Crippen LogP contribution in [0.5, 0.6) is 0 Å². The Balaban J connectivity index is 1.18. The number of benzene rings is 1. The molecule has 1 N–H and O–H groups in total. The van der Waals surface area contributed by atoms with E-state index in [1.165, 1.54) is 11.1 Å². The van der Waals surface area contributed by atoms with Crippen LogP contribution in [0.15, 0.2) is 24.3 Å². The second kappa shape index (κ2) is 9.08. The maximum Gasteiger partial charge on any atom is 0.228 e. The number of hydrogen-bond acceptors (Lipinski definition) is 3. The number of carbonyl (C=O) groups excluding carboxylic acids is 2. The molecule has 1 atom stereocenters. The fourth-order valence-electron chi connectivity index (χ4n) is 4.31. The van der Waals surface area contributed by atoms with E-state index in [1.54, 1.807) is 0 Å². The van der Waals surface area contributed by atoms with Crippen LogP contribution < -0.4 is 5.32 Å². The number of piperidine rings is 1. The molecule has 1 saturated carbocycles. The van der Waals surface area contributed by atoms with Gasteiger partial charge in [-0.25, -0.2) is 0 Å². The second-order valence-corrected chi connectivity index (χ2v) is 8.69.